The van der Waals surface area contributed by atoms with Crippen LogP contribution in [0.5, 0.6) is 0 Å². The number of hydrogen-bond acceptors (Lipinski definition) is 3. The first-order valence-corrected chi connectivity index (χ1v) is 17.2. The molecule has 9 aromatic rings. The fourth-order valence-electron chi connectivity index (χ4n) is 6.83. The summed E-state index contributed by atoms with van der Waals surface area (Å²) in [5, 5.41) is 2.50. The molecule has 9 rings (SSSR count). The highest BCUT2D eigenvalue weighted by Gasteiger charge is 2.16. The third-order valence-corrected chi connectivity index (χ3v) is 9.39. The van der Waals surface area contributed by atoms with Crippen LogP contribution in [0.25, 0.3) is 38.8 Å². The topological polar surface area (TPSA) is 23.8 Å². The number of pyridine rings is 1. The molecule has 242 valence electrons. The highest BCUT2D eigenvalue weighted by atomic mass is 15.2. The normalized spacial score (nSPS) is 11.1. The first-order chi connectivity index (χ1) is 25.3. The maximum atomic E-state index is 4.83. The predicted molar refractivity (Wildman–Crippen MR) is 213 cm³/mol. The zero-order valence-electron chi connectivity index (χ0n) is 27.9. The Morgan fingerprint density at radius 1 is 0.353 bits per heavy atom. The fourth-order valence-corrected chi connectivity index (χ4v) is 6.83. The lowest BCUT2D eigenvalue weighted by molar-refractivity contribution is 1.19. The summed E-state index contributed by atoms with van der Waals surface area (Å²) in [5.74, 6) is 0. The molecule has 2 aromatic heterocycles. The van der Waals surface area contributed by atoms with Crippen molar-refractivity contribution in [1.29, 1.82) is 0 Å². The zero-order valence-corrected chi connectivity index (χ0v) is 27.9. The molecule has 0 fully saturated rings. The van der Waals surface area contributed by atoms with E-state index in [2.05, 4.69) is 196 Å². The lowest BCUT2D eigenvalue weighted by Gasteiger charge is -2.28. The summed E-state index contributed by atoms with van der Waals surface area (Å²) >= 11 is 0. The number of aromatic nitrogens is 2. The Hall–Kier alpha value is -6.91. The van der Waals surface area contributed by atoms with Crippen LogP contribution in [0.15, 0.2) is 207 Å². The van der Waals surface area contributed by atoms with E-state index in [-0.39, 0.29) is 0 Å². The van der Waals surface area contributed by atoms with Gasteiger partial charge in [-0.3, -0.25) is 0 Å². The Labute approximate surface area is 297 Å². The molecule has 51 heavy (non-hydrogen) atoms. The molecule has 0 saturated heterocycles. The Balaban J connectivity index is 1.05. The Morgan fingerprint density at radius 3 is 1.37 bits per heavy atom. The Kier molecular flexibility index (Phi) is 7.80. The average molecular weight is 655 g/mol. The highest BCUT2D eigenvalue weighted by Crippen LogP contribution is 2.40. The molecule has 0 amide bonds. The fraction of sp³-hybridized carbons (Fsp3) is 0. The second kappa shape index (κ2) is 13.2. The van der Waals surface area contributed by atoms with E-state index >= 15 is 0 Å². The van der Waals surface area contributed by atoms with Crippen molar-refractivity contribution in [1.82, 2.24) is 9.38 Å². The van der Waals surface area contributed by atoms with Gasteiger partial charge >= 0.3 is 0 Å². The zero-order chi connectivity index (χ0) is 34.0. The maximum absolute atomic E-state index is 4.83. The summed E-state index contributed by atoms with van der Waals surface area (Å²) in [5.41, 5.74) is 11.9. The van der Waals surface area contributed by atoms with Gasteiger partial charge < -0.3 is 14.2 Å². The predicted octanol–water partition coefficient (Wildman–Crippen LogP) is 12.8. The lowest BCUT2D eigenvalue weighted by Crippen LogP contribution is -2.12. The molecule has 0 aliphatic carbocycles. The minimum Gasteiger partial charge on any atom is -0.311 e. The number of imidazole rings is 1. The van der Waals surface area contributed by atoms with Gasteiger partial charge in [-0.05, 0) is 113 Å². The third-order valence-electron chi connectivity index (χ3n) is 9.39. The standard InChI is InChI=1S/C47H34N4/c1-3-13-40(14-4-1)50(42-24-20-36(21-25-42)39-19-18-35-11-7-8-12-38(35)33-39)44-28-30-45(31-29-44)51(41-15-5-2-6-16-41)43-26-22-37(23-27-43)46-34-49-32-10-9-17-47(49)48-46/h1-34H. The van der Waals surface area contributed by atoms with E-state index in [1.165, 1.54) is 21.9 Å². The first-order valence-electron chi connectivity index (χ1n) is 17.2. The van der Waals surface area contributed by atoms with Crippen molar-refractivity contribution in [2.24, 2.45) is 0 Å². The molecule has 0 aliphatic rings. The van der Waals surface area contributed by atoms with Gasteiger partial charge in [0.1, 0.15) is 5.65 Å². The number of benzene rings is 7. The van der Waals surface area contributed by atoms with E-state index in [0.717, 1.165) is 51.0 Å². The van der Waals surface area contributed by atoms with Crippen LogP contribution in [0.4, 0.5) is 34.1 Å². The minimum atomic E-state index is 0.938. The first kappa shape index (κ1) is 30.2. The molecule has 0 aliphatic heterocycles. The van der Waals surface area contributed by atoms with Crippen molar-refractivity contribution in [3.8, 4) is 22.4 Å². The number of nitrogens with zero attached hydrogens (tertiary/aromatic N) is 4. The van der Waals surface area contributed by atoms with Crippen LogP contribution in [0, 0.1) is 0 Å². The van der Waals surface area contributed by atoms with Crippen LogP contribution in [0.1, 0.15) is 0 Å². The summed E-state index contributed by atoms with van der Waals surface area (Å²) in [6.45, 7) is 0. The second-order valence-electron chi connectivity index (χ2n) is 12.6. The van der Waals surface area contributed by atoms with Crippen LogP contribution in [0.2, 0.25) is 0 Å². The third kappa shape index (κ3) is 6.00. The van der Waals surface area contributed by atoms with Crippen molar-refractivity contribution < 1.29 is 0 Å². The molecule has 0 spiro atoms. The van der Waals surface area contributed by atoms with Gasteiger partial charge in [-0.1, -0.05) is 103 Å². The van der Waals surface area contributed by atoms with Crippen LogP contribution < -0.4 is 9.80 Å². The van der Waals surface area contributed by atoms with Gasteiger partial charge in [0.2, 0.25) is 0 Å². The number of anilines is 6. The van der Waals surface area contributed by atoms with Crippen LogP contribution >= 0.6 is 0 Å². The van der Waals surface area contributed by atoms with Crippen molar-refractivity contribution in [3.05, 3.63) is 207 Å². The summed E-state index contributed by atoms with van der Waals surface area (Å²) in [4.78, 5) is 9.43. The van der Waals surface area contributed by atoms with Gasteiger partial charge in [0, 0.05) is 52.1 Å². The summed E-state index contributed by atoms with van der Waals surface area (Å²) in [7, 11) is 0. The minimum absolute atomic E-state index is 0.938. The molecular weight excluding hydrogens is 621 g/mol. The molecule has 2 heterocycles. The molecule has 0 bridgehead atoms. The summed E-state index contributed by atoms with van der Waals surface area (Å²) < 4.78 is 2.05. The quantitative estimate of drug-likeness (QED) is 0.163. The summed E-state index contributed by atoms with van der Waals surface area (Å²) in [6, 6.07) is 68.7. The monoisotopic (exact) mass is 654 g/mol. The Bertz CT molecular complexity index is 2520. The number of rotatable bonds is 8. The van der Waals surface area contributed by atoms with Gasteiger partial charge in [-0.25, -0.2) is 4.98 Å². The molecule has 4 heteroatoms. The molecule has 0 unspecified atom stereocenters. The molecule has 4 nitrogen and oxygen atoms in total. The van der Waals surface area contributed by atoms with Crippen molar-refractivity contribution >= 4 is 50.5 Å². The lowest BCUT2D eigenvalue weighted by atomic mass is 10.0. The second-order valence-corrected chi connectivity index (χ2v) is 12.6. The molecular formula is C47H34N4. The smallest absolute Gasteiger partial charge is 0.137 e. The van der Waals surface area contributed by atoms with Gasteiger partial charge in [0.25, 0.3) is 0 Å². The average Bonchev–Trinajstić information content (AvgIpc) is 3.65. The van der Waals surface area contributed by atoms with E-state index in [1.54, 1.807) is 0 Å². The number of para-hydroxylation sites is 2. The molecule has 0 saturated carbocycles. The number of hydrogen-bond donors (Lipinski definition) is 0. The van der Waals surface area contributed by atoms with E-state index < -0.39 is 0 Å². The molecule has 0 N–H and O–H groups in total. The Morgan fingerprint density at radius 2 is 0.804 bits per heavy atom. The van der Waals surface area contributed by atoms with E-state index in [1.807, 2.05) is 24.4 Å². The largest absolute Gasteiger partial charge is 0.311 e. The number of fused-ring (bicyclic) bond motifs is 2. The van der Waals surface area contributed by atoms with Crippen molar-refractivity contribution in [2.45, 2.75) is 0 Å². The van der Waals surface area contributed by atoms with Gasteiger partial charge in [0.15, 0.2) is 0 Å². The van der Waals surface area contributed by atoms with Crippen LogP contribution in [-0.4, -0.2) is 9.38 Å². The van der Waals surface area contributed by atoms with Gasteiger partial charge in [-0.2, -0.15) is 0 Å². The SMILES string of the molecule is c1ccc(N(c2ccc(-c3ccc4ccccc4c3)cc2)c2ccc(N(c3ccccc3)c3ccc(-c4cn5ccccc5n4)cc3)cc2)cc1. The van der Waals surface area contributed by atoms with Gasteiger partial charge in [-0.15, -0.1) is 0 Å². The highest BCUT2D eigenvalue weighted by molar-refractivity contribution is 5.88. The van der Waals surface area contributed by atoms with Crippen LogP contribution in [0.3, 0.4) is 0 Å². The van der Waals surface area contributed by atoms with Crippen LogP contribution in [-0.2, 0) is 0 Å². The molecule has 0 atom stereocenters. The molecule has 0 radical (unpaired) electrons. The van der Waals surface area contributed by atoms with E-state index in [4.69, 9.17) is 4.98 Å². The van der Waals surface area contributed by atoms with Gasteiger partial charge in [0.05, 0.1) is 5.69 Å². The van der Waals surface area contributed by atoms with Crippen molar-refractivity contribution in [3.63, 3.8) is 0 Å². The summed E-state index contributed by atoms with van der Waals surface area (Å²) in [6.07, 6.45) is 4.11. The van der Waals surface area contributed by atoms with Crippen molar-refractivity contribution in [2.75, 3.05) is 9.80 Å². The maximum Gasteiger partial charge on any atom is 0.137 e. The van der Waals surface area contributed by atoms with E-state index in [9.17, 15) is 0 Å². The molecule has 7 aromatic carbocycles. The van der Waals surface area contributed by atoms with E-state index in [0.29, 0.717) is 0 Å².